The van der Waals surface area contributed by atoms with Gasteiger partial charge in [-0.1, -0.05) is 167 Å². The van der Waals surface area contributed by atoms with Crippen LogP contribution in [0.5, 0.6) is 0 Å². The molecule has 0 spiro atoms. The first-order chi connectivity index (χ1) is 26.0. The average molecular weight is 759 g/mol. The number of hydrogen-bond donors (Lipinski definition) is 2. The molecule has 1 unspecified atom stereocenters. The van der Waals surface area contributed by atoms with Crippen LogP contribution in [0.1, 0.15) is 214 Å². The summed E-state index contributed by atoms with van der Waals surface area (Å²) in [5.74, 6) is -0.522. The van der Waals surface area contributed by atoms with E-state index in [-0.39, 0.29) is 5.57 Å². The van der Waals surface area contributed by atoms with Gasteiger partial charge in [0.05, 0.1) is 6.61 Å². The fourth-order valence-electron chi connectivity index (χ4n) is 8.33. The van der Waals surface area contributed by atoms with Crippen LogP contribution in [0.4, 0.5) is 0 Å². The SMILES string of the molecule is C=C(C)C(=O)O.C=C(C)C(=O)OC(C)OCCCC.O=C(O)C(=C(C1CCCCCCCCC1)C1CCCCCCCCC1)C1CCCCCCCCC1. The number of rotatable bonds is 11. The molecule has 0 aromatic carbocycles. The van der Waals surface area contributed by atoms with Crippen LogP contribution in [0.2, 0.25) is 0 Å². The van der Waals surface area contributed by atoms with E-state index in [1.54, 1.807) is 13.8 Å². The van der Waals surface area contributed by atoms with Gasteiger partial charge in [-0.2, -0.15) is 0 Å². The smallest absolute Gasteiger partial charge is 0.335 e. The third-order valence-electron chi connectivity index (χ3n) is 11.5. The maximum absolute atomic E-state index is 13.2. The third kappa shape index (κ3) is 23.5. The minimum Gasteiger partial charge on any atom is -0.478 e. The average Bonchev–Trinajstić information content (AvgIpc) is 3.14. The molecule has 312 valence electrons. The minimum atomic E-state index is -0.935. The Morgan fingerprint density at radius 1 is 0.556 bits per heavy atom. The number of ether oxygens (including phenoxy) is 2. The first kappa shape index (κ1) is 49.6. The van der Waals surface area contributed by atoms with Gasteiger partial charge in [0.15, 0.2) is 6.29 Å². The number of unbranched alkanes of at least 4 members (excludes halogenated alkanes) is 1. The monoisotopic (exact) mass is 759 g/mol. The maximum Gasteiger partial charge on any atom is 0.335 e. The zero-order valence-corrected chi connectivity index (χ0v) is 35.4. The van der Waals surface area contributed by atoms with Gasteiger partial charge in [-0.25, -0.2) is 14.4 Å². The van der Waals surface area contributed by atoms with E-state index in [9.17, 15) is 19.5 Å². The molecule has 0 aliphatic heterocycles. The standard InChI is InChI=1S/C33H58O2.C10H18O3.C4H6O2/c34-33(35)32(30-26-20-14-8-3-9-15-21-27-30)31(28-22-16-10-4-1-5-11-17-23-28)29-24-18-12-6-2-7-13-19-25-29;1-5-6-7-12-9(4)13-10(11)8(2)3;1-3(2)4(5)6/h28-30H,1-27H2,(H,34,35);9H,2,5-7H2,1,3-4H3;1H2,2H3,(H,5,6). The van der Waals surface area contributed by atoms with E-state index in [4.69, 9.17) is 14.6 Å². The second-order valence-electron chi connectivity index (χ2n) is 16.5. The van der Waals surface area contributed by atoms with Crippen molar-refractivity contribution in [1.82, 2.24) is 0 Å². The number of aliphatic carboxylic acids is 2. The molecule has 0 radical (unpaired) electrons. The first-order valence-corrected chi connectivity index (χ1v) is 22.3. The fraction of sp³-hybridized carbons (Fsp3) is 0.809. The largest absolute Gasteiger partial charge is 0.478 e. The van der Waals surface area contributed by atoms with Crippen molar-refractivity contribution in [3.05, 3.63) is 35.5 Å². The summed E-state index contributed by atoms with van der Waals surface area (Å²) < 4.78 is 10.1. The number of carbonyl (C=O) groups is 3. The molecule has 3 rings (SSSR count). The number of carboxylic acids is 2. The summed E-state index contributed by atoms with van der Waals surface area (Å²) in [4.78, 5) is 33.8. The highest BCUT2D eigenvalue weighted by Gasteiger charge is 2.32. The van der Waals surface area contributed by atoms with Gasteiger partial charge in [0.1, 0.15) is 0 Å². The van der Waals surface area contributed by atoms with E-state index in [0.717, 1.165) is 31.3 Å². The molecule has 3 aliphatic carbocycles. The van der Waals surface area contributed by atoms with E-state index in [1.807, 2.05) is 0 Å². The van der Waals surface area contributed by atoms with Crippen LogP contribution in [-0.2, 0) is 23.9 Å². The van der Waals surface area contributed by atoms with E-state index >= 15 is 0 Å². The second kappa shape index (κ2) is 31.8. The van der Waals surface area contributed by atoms with Crippen LogP contribution in [0.3, 0.4) is 0 Å². The summed E-state index contributed by atoms with van der Waals surface area (Å²) in [6, 6.07) is 0. The Hall–Kier alpha value is -2.41. The van der Waals surface area contributed by atoms with E-state index in [0.29, 0.717) is 29.9 Å². The lowest BCUT2D eigenvalue weighted by atomic mass is 9.71. The number of allylic oxidation sites excluding steroid dienone is 1. The van der Waals surface area contributed by atoms with E-state index in [2.05, 4.69) is 20.1 Å². The Bertz CT molecular complexity index is 1020. The predicted molar refractivity (Wildman–Crippen MR) is 223 cm³/mol. The topological polar surface area (TPSA) is 110 Å². The van der Waals surface area contributed by atoms with Gasteiger partial charge in [0, 0.05) is 16.7 Å². The van der Waals surface area contributed by atoms with Crippen molar-refractivity contribution >= 4 is 17.9 Å². The molecule has 0 amide bonds. The van der Waals surface area contributed by atoms with E-state index in [1.165, 1.54) is 173 Å². The Morgan fingerprint density at radius 3 is 1.15 bits per heavy atom. The predicted octanol–water partition coefficient (Wildman–Crippen LogP) is 13.7. The molecule has 7 heteroatoms. The summed E-state index contributed by atoms with van der Waals surface area (Å²) >= 11 is 0. The highest BCUT2D eigenvalue weighted by atomic mass is 16.7. The van der Waals surface area contributed by atoms with Crippen molar-refractivity contribution in [2.45, 2.75) is 220 Å². The van der Waals surface area contributed by atoms with Gasteiger partial charge in [-0.15, -0.1) is 0 Å². The van der Waals surface area contributed by atoms with Gasteiger partial charge in [-0.05, 0) is 83.5 Å². The molecule has 0 bridgehead atoms. The maximum atomic E-state index is 13.2. The molecular weight excluding hydrogens is 677 g/mol. The normalized spacial score (nSPS) is 19.9. The zero-order valence-electron chi connectivity index (χ0n) is 35.4. The lowest BCUT2D eigenvalue weighted by molar-refractivity contribution is -0.170. The molecule has 2 N–H and O–H groups in total. The molecule has 3 saturated carbocycles. The summed E-state index contributed by atoms with van der Waals surface area (Å²) in [5, 5.41) is 18.7. The minimum absolute atomic E-state index is 0.176. The quantitative estimate of drug-likeness (QED) is 0.0934. The van der Waals surface area contributed by atoms with Crippen molar-refractivity contribution in [3.63, 3.8) is 0 Å². The molecular formula is C47H82O7. The molecule has 3 aliphatic rings. The Balaban J connectivity index is 0.000000633. The van der Waals surface area contributed by atoms with Crippen molar-refractivity contribution in [1.29, 1.82) is 0 Å². The highest BCUT2D eigenvalue weighted by molar-refractivity contribution is 5.88. The Morgan fingerprint density at radius 2 is 0.870 bits per heavy atom. The lowest BCUT2D eigenvalue weighted by Gasteiger charge is -2.34. The molecule has 0 heterocycles. The summed E-state index contributed by atoms with van der Waals surface area (Å²) in [5.41, 5.74) is 3.00. The van der Waals surface area contributed by atoms with Gasteiger partial charge >= 0.3 is 17.9 Å². The zero-order chi connectivity index (χ0) is 40.0. The Labute approximate surface area is 331 Å². The van der Waals surface area contributed by atoms with Crippen LogP contribution in [0, 0.1) is 17.8 Å². The van der Waals surface area contributed by atoms with Gasteiger partial charge in [-0.3, -0.25) is 0 Å². The van der Waals surface area contributed by atoms with Crippen LogP contribution < -0.4 is 0 Å². The van der Waals surface area contributed by atoms with Crippen molar-refractivity contribution in [2.24, 2.45) is 17.8 Å². The molecule has 1 atom stereocenters. The molecule has 0 saturated heterocycles. The van der Waals surface area contributed by atoms with Crippen LogP contribution in [-0.4, -0.2) is 41.0 Å². The van der Waals surface area contributed by atoms with Crippen molar-refractivity contribution < 1.29 is 34.1 Å². The molecule has 0 aromatic heterocycles. The number of carboxylic acid groups (broad SMARTS) is 2. The molecule has 7 nitrogen and oxygen atoms in total. The lowest BCUT2D eigenvalue weighted by Crippen LogP contribution is -2.25. The number of esters is 1. The van der Waals surface area contributed by atoms with Crippen LogP contribution >= 0.6 is 0 Å². The number of carbonyl (C=O) groups excluding carboxylic acids is 1. The van der Waals surface area contributed by atoms with Crippen LogP contribution in [0.15, 0.2) is 35.5 Å². The number of hydrogen-bond acceptors (Lipinski definition) is 5. The molecule has 0 aromatic rings. The van der Waals surface area contributed by atoms with E-state index < -0.39 is 24.2 Å². The summed E-state index contributed by atoms with van der Waals surface area (Å²) in [6.45, 7) is 14.1. The molecule has 54 heavy (non-hydrogen) atoms. The fourth-order valence-corrected chi connectivity index (χ4v) is 8.33. The van der Waals surface area contributed by atoms with Crippen LogP contribution in [0.25, 0.3) is 0 Å². The second-order valence-corrected chi connectivity index (χ2v) is 16.5. The molecule has 3 fully saturated rings. The first-order valence-electron chi connectivity index (χ1n) is 22.3. The van der Waals surface area contributed by atoms with Crippen molar-refractivity contribution in [3.8, 4) is 0 Å². The van der Waals surface area contributed by atoms with Crippen molar-refractivity contribution in [2.75, 3.05) is 6.61 Å². The third-order valence-corrected chi connectivity index (χ3v) is 11.5. The van der Waals surface area contributed by atoms with Gasteiger partial charge in [0.2, 0.25) is 0 Å². The van der Waals surface area contributed by atoms with Gasteiger partial charge in [0.25, 0.3) is 0 Å². The summed E-state index contributed by atoms with van der Waals surface area (Å²) in [6.07, 6.45) is 36.8. The van der Waals surface area contributed by atoms with Gasteiger partial charge < -0.3 is 19.7 Å². The highest BCUT2D eigenvalue weighted by Crippen LogP contribution is 2.42. The Kier molecular flexibility index (Phi) is 29.2. The summed E-state index contributed by atoms with van der Waals surface area (Å²) in [7, 11) is 0.